The highest BCUT2D eigenvalue weighted by Crippen LogP contribution is 2.35. The van der Waals surface area contributed by atoms with Gasteiger partial charge in [0.1, 0.15) is 10.7 Å². The molecule has 154 valence electrons. The highest BCUT2D eigenvalue weighted by atomic mass is 32.1. The molecule has 6 nitrogen and oxygen atoms in total. The molecule has 1 atom stereocenters. The van der Waals surface area contributed by atoms with Crippen molar-refractivity contribution in [2.45, 2.75) is 19.9 Å². The largest absolute Gasteiger partial charge is 0.490 e. The smallest absolute Gasteiger partial charge is 0.161 e. The topological polar surface area (TPSA) is 67.7 Å². The van der Waals surface area contributed by atoms with Crippen LogP contribution >= 0.6 is 11.3 Å². The summed E-state index contributed by atoms with van der Waals surface area (Å²) in [6, 6.07) is 11.6. The molecule has 1 N–H and O–H groups in total. The van der Waals surface area contributed by atoms with Crippen LogP contribution in [0.2, 0.25) is 0 Å². The van der Waals surface area contributed by atoms with E-state index in [1.54, 1.807) is 11.3 Å². The lowest BCUT2D eigenvalue weighted by Crippen LogP contribution is -2.24. The minimum atomic E-state index is -0.145. The molecule has 0 aliphatic heterocycles. The normalized spacial score (nSPS) is 12.2. The number of aromatic nitrogens is 2. The van der Waals surface area contributed by atoms with Crippen LogP contribution in [0.4, 0.5) is 0 Å². The molecule has 0 saturated heterocycles. The van der Waals surface area contributed by atoms with Crippen molar-refractivity contribution in [2.75, 3.05) is 33.9 Å². The molecule has 2 heterocycles. The second kappa shape index (κ2) is 9.82. The minimum absolute atomic E-state index is 0.0121. The van der Waals surface area contributed by atoms with Crippen LogP contribution in [0.15, 0.2) is 41.8 Å². The van der Waals surface area contributed by atoms with Gasteiger partial charge in [-0.3, -0.25) is 4.90 Å². The van der Waals surface area contributed by atoms with Gasteiger partial charge in [-0.05, 0) is 58.3 Å². The van der Waals surface area contributed by atoms with E-state index in [2.05, 4.69) is 0 Å². The van der Waals surface area contributed by atoms with Crippen molar-refractivity contribution in [1.29, 1.82) is 0 Å². The minimum Gasteiger partial charge on any atom is -0.490 e. The molecule has 0 radical (unpaired) electrons. The average Bonchev–Trinajstić information content (AvgIpc) is 3.20. The predicted octanol–water partition coefficient (Wildman–Crippen LogP) is 4.26. The molecule has 1 aromatic carbocycles. The van der Waals surface area contributed by atoms with Crippen LogP contribution in [0.3, 0.4) is 0 Å². The molecular formula is C22H27N3O3S. The Balaban J connectivity index is 1.91. The summed E-state index contributed by atoms with van der Waals surface area (Å²) in [6.45, 7) is 5.08. The van der Waals surface area contributed by atoms with Crippen LogP contribution in [0.5, 0.6) is 11.5 Å². The van der Waals surface area contributed by atoms with Gasteiger partial charge in [-0.1, -0.05) is 6.07 Å². The van der Waals surface area contributed by atoms with Gasteiger partial charge in [-0.2, -0.15) is 0 Å². The van der Waals surface area contributed by atoms with Gasteiger partial charge in [-0.25, -0.2) is 9.97 Å². The Morgan fingerprint density at radius 1 is 1.00 bits per heavy atom. The number of thiazole rings is 1. The molecule has 2 aromatic heterocycles. The number of benzene rings is 1. The molecule has 0 aliphatic carbocycles. The molecule has 29 heavy (non-hydrogen) atoms. The molecule has 0 saturated carbocycles. The van der Waals surface area contributed by atoms with Crippen molar-refractivity contribution >= 4 is 11.3 Å². The third-order valence-corrected chi connectivity index (χ3v) is 5.36. The number of aliphatic hydroxyl groups excluding tert-OH is 1. The number of ether oxygens (including phenoxy) is 2. The highest BCUT2D eigenvalue weighted by molar-refractivity contribution is 7.13. The van der Waals surface area contributed by atoms with Crippen LogP contribution in [0, 0.1) is 0 Å². The standard InChI is InChI=1S/C22H27N3O3S/c1-5-27-20-11-10-15(12-21(20)28-6-2)22-24-18(14-29-22)16-8-7-9-17(23-16)19(13-26)25(3)4/h7-12,14,19,26H,5-6,13H2,1-4H3. The molecule has 1 unspecified atom stereocenters. The first-order chi connectivity index (χ1) is 14.1. The van der Waals surface area contributed by atoms with Crippen molar-refractivity contribution in [3.8, 4) is 33.5 Å². The average molecular weight is 414 g/mol. The summed E-state index contributed by atoms with van der Waals surface area (Å²) in [5, 5.41) is 12.6. The van der Waals surface area contributed by atoms with E-state index in [9.17, 15) is 5.11 Å². The van der Waals surface area contributed by atoms with Crippen molar-refractivity contribution in [3.05, 3.63) is 47.5 Å². The summed E-state index contributed by atoms with van der Waals surface area (Å²) < 4.78 is 11.4. The lowest BCUT2D eigenvalue weighted by Gasteiger charge is -2.21. The van der Waals surface area contributed by atoms with Crippen molar-refractivity contribution in [2.24, 2.45) is 0 Å². The summed E-state index contributed by atoms with van der Waals surface area (Å²) in [4.78, 5) is 11.5. The van der Waals surface area contributed by atoms with Gasteiger partial charge in [0.2, 0.25) is 0 Å². The fourth-order valence-electron chi connectivity index (χ4n) is 3.01. The van der Waals surface area contributed by atoms with Crippen LogP contribution in [0.1, 0.15) is 25.6 Å². The van der Waals surface area contributed by atoms with Crippen molar-refractivity contribution in [3.63, 3.8) is 0 Å². The Morgan fingerprint density at radius 2 is 1.76 bits per heavy atom. The molecular weight excluding hydrogens is 386 g/mol. The van der Waals surface area contributed by atoms with Gasteiger partial charge < -0.3 is 14.6 Å². The zero-order valence-electron chi connectivity index (χ0n) is 17.3. The Kier molecular flexibility index (Phi) is 7.19. The van der Waals surface area contributed by atoms with E-state index < -0.39 is 0 Å². The Morgan fingerprint density at radius 3 is 2.45 bits per heavy atom. The Labute approximate surface area is 175 Å². The first kappa shape index (κ1) is 21.2. The fourth-order valence-corrected chi connectivity index (χ4v) is 3.82. The maximum atomic E-state index is 9.68. The quantitative estimate of drug-likeness (QED) is 0.565. The monoisotopic (exact) mass is 413 g/mol. The maximum Gasteiger partial charge on any atom is 0.161 e. The van der Waals surface area contributed by atoms with Crippen LogP contribution in [-0.4, -0.2) is 53.9 Å². The molecule has 0 aliphatic rings. The van der Waals surface area contributed by atoms with Crippen LogP contribution in [0.25, 0.3) is 22.0 Å². The lowest BCUT2D eigenvalue weighted by atomic mass is 10.1. The Hall–Kier alpha value is -2.48. The number of aliphatic hydroxyl groups is 1. The number of likely N-dealkylation sites (N-methyl/N-ethyl adjacent to an activating group) is 1. The lowest BCUT2D eigenvalue weighted by molar-refractivity contribution is 0.168. The summed E-state index contributed by atoms with van der Waals surface area (Å²) >= 11 is 1.56. The SMILES string of the molecule is CCOc1ccc(-c2nc(-c3cccc(C(CO)N(C)C)n3)cs2)cc1OCC. The van der Waals surface area contributed by atoms with Gasteiger partial charge in [0, 0.05) is 10.9 Å². The maximum absolute atomic E-state index is 9.68. The predicted molar refractivity (Wildman–Crippen MR) is 117 cm³/mol. The van der Waals surface area contributed by atoms with Gasteiger partial charge in [-0.15, -0.1) is 11.3 Å². The number of hydrogen-bond donors (Lipinski definition) is 1. The van der Waals surface area contributed by atoms with Crippen LogP contribution < -0.4 is 9.47 Å². The first-order valence-corrected chi connectivity index (χ1v) is 10.6. The van der Waals surface area contributed by atoms with E-state index in [1.807, 2.05) is 74.6 Å². The van der Waals surface area contributed by atoms with E-state index >= 15 is 0 Å². The van der Waals surface area contributed by atoms with E-state index in [0.717, 1.165) is 39.2 Å². The molecule has 3 aromatic rings. The zero-order valence-corrected chi connectivity index (χ0v) is 18.1. The van der Waals surface area contributed by atoms with E-state index in [1.165, 1.54) is 0 Å². The molecule has 7 heteroatoms. The van der Waals surface area contributed by atoms with E-state index in [-0.39, 0.29) is 12.6 Å². The fraction of sp³-hybridized carbons (Fsp3) is 0.364. The van der Waals surface area contributed by atoms with Crippen LogP contribution in [-0.2, 0) is 0 Å². The zero-order chi connectivity index (χ0) is 20.8. The molecule has 0 fully saturated rings. The second-order valence-electron chi connectivity index (χ2n) is 6.68. The van der Waals surface area contributed by atoms with Gasteiger partial charge in [0.15, 0.2) is 11.5 Å². The number of pyridine rings is 1. The molecule has 3 rings (SSSR count). The van der Waals surface area contributed by atoms with Gasteiger partial charge in [0.25, 0.3) is 0 Å². The first-order valence-electron chi connectivity index (χ1n) is 9.67. The molecule has 0 bridgehead atoms. The molecule has 0 amide bonds. The Bertz CT molecular complexity index is 943. The van der Waals surface area contributed by atoms with E-state index in [0.29, 0.717) is 13.2 Å². The van der Waals surface area contributed by atoms with E-state index in [4.69, 9.17) is 19.4 Å². The van der Waals surface area contributed by atoms with Crippen molar-refractivity contribution < 1.29 is 14.6 Å². The third kappa shape index (κ3) is 4.93. The highest BCUT2D eigenvalue weighted by Gasteiger charge is 2.16. The second-order valence-corrected chi connectivity index (χ2v) is 7.53. The number of nitrogens with zero attached hydrogens (tertiary/aromatic N) is 3. The summed E-state index contributed by atoms with van der Waals surface area (Å²) in [5.74, 6) is 1.46. The summed E-state index contributed by atoms with van der Waals surface area (Å²) in [6.07, 6.45) is 0. The summed E-state index contributed by atoms with van der Waals surface area (Å²) in [5.41, 5.74) is 3.41. The van der Waals surface area contributed by atoms with Gasteiger partial charge >= 0.3 is 0 Å². The van der Waals surface area contributed by atoms with Gasteiger partial charge in [0.05, 0.1) is 37.3 Å². The number of hydrogen-bond acceptors (Lipinski definition) is 7. The third-order valence-electron chi connectivity index (χ3n) is 4.47. The summed E-state index contributed by atoms with van der Waals surface area (Å²) in [7, 11) is 3.86. The molecule has 0 spiro atoms. The van der Waals surface area contributed by atoms with Crippen molar-refractivity contribution in [1.82, 2.24) is 14.9 Å². The number of rotatable bonds is 9.